The number of hydrogen-bond acceptors (Lipinski definition) is 5. The van der Waals surface area contributed by atoms with E-state index in [-0.39, 0.29) is 42.6 Å². The number of fused-ring (bicyclic) bond motifs is 1. The van der Waals surface area contributed by atoms with Crippen molar-refractivity contribution in [2.45, 2.75) is 57.0 Å². The molecule has 29 heavy (non-hydrogen) atoms. The molecule has 0 spiro atoms. The predicted octanol–water partition coefficient (Wildman–Crippen LogP) is 1.79. The van der Waals surface area contributed by atoms with Crippen LogP contribution in [0.2, 0.25) is 0 Å². The second-order valence-corrected chi connectivity index (χ2v) is 7.91. The minimum absolute atomic E-state index is 0.0583. The topological polar surface area (TPSA) is 96.0 Å². The lowest BCUT2D eigenvalue weighted by molar-refractivity contribution is -0.145. The Morgan fingerprint density at radius 2 is 1.79 bits per heavy atom. The molecule has 3 amide bonds. The third kappa shape index (κ3) is 3.59. The molecule has 1 aromatic carbocycles. The first kappa shape index (κ1) is 19.4. The molecule has 3 fully saturated rings. The number of nitrogens with one attached hydrogen (secondary N) is 1. The van der Waals surface area contributed by atoms with E-state index >= 15 is 0 Å². The van der Waals surface area contributed by atoms with E-state index in [4.69, 9.17) is 4.74 Å². The highest BCUT2D eigenvalue weighted by Gasteiger charge is 2.48. The molecule has 3 atom stereocenters. The molecule has 2 heterocycles. The van der Waals surface area contributed by atoms with Gasteiger partial charge in [-0.15, -0.1) is 0 Å². The zero-order valence-corrected chi connectivity index (χ0v) is 16.4. The lowest BCUT2D eigenvalue weighted by atomic mass is 9.84. The molecule has 0 bridgehead atoms. The number of rotatable bonds is 3. The van der Waals surface area contributed by atoms with Gasteiger partial charge in [0.2, 0.25) is 11.8 Å². The highest BCUT2D eigenvalue weighted by atomic mass is 16.5. The van der Waals surface area contributed by atoms with Crippen LogP contribution in [-0.4, -0.2) is 47.8 Å². The second kappa shape index (κ2) is 7.85. The fraction of sp³-hybridized carbons (Fsp3) is 0.524. The van der Waals surface area contributed by atoms with E-state index < -0.39 is 6.04 Å². The first-order valence-corrected chi connectivity index (χ1v) is 10.1. The van der Waals surface area contributed by atoms with E-state index in [0.29, 0.717) is 23.6 Å². The summed E-state index contributed by atoms with van der Waals surface area (Å²) in [5, 5.41) is 1.21. The number of likely N-dealkylation sites (tertiary alicyclic amines) is 1. The first-order chi connectivity index (χ1) is 14.0. The number of carbonyl (C=O) groups is 4. The van der Waals surface area contributed by atoms with Gasteiger partial charge >= 0.3 is 5.97 Å². The third-order valence-electron chi connectivity index (χ3n) is 6.22. The lowest BCUT2D eigenvalue weighted by Crippen LogP contribution is -2.50. The van der Waals surface area contributed by atoms with Crippen LogP contribution in [0.1, 0.15) is 55.3 Å². The molecule has 4 rings (SSSR count). The molecule has 1 N–H and O–H groups in total. The molecule has 2 aliphatic heterocycles. The standard InChI is InChI=1S/C21H25N3O5/c1-29-21(28)17-12-14-4-2-3-5-16(14)23(17)20(27)13-6-8-15(9-7-13)24-19(26)11-10-18(25)22-24/h6-9,14,16-17H,2-5,10-12H2,1H3,(H,22,25). The Hall–Kier alpha value is -2.90. The number of hydrazine groups is 1. The van der Waals surface area contributed by atoms with Gasteiger partial charge in [0.25, 0.3) is 5.91 Å². The molecule has 8 nitrogen and oxygen atoms in total. The molecule has 1 saturated carbocycles. The van der Waals surface area contributed by atoms with Gasteiger partial charge in [-0.2, -0.15) is 0 Å². The largest absolute Gasteiger partial charge is 0.467 e. The summed E-state index contributed by atoms with van der Waals surface area (Å²) in [6.45, 7) is 0. The summed E-state index contributed by atoms with van der Waals surface area (Å²) in [6.07, 6.45) is 5.09. The Balaban J connectivity index is 1.57. The van der Waals surface area contributed by atoms with E-state index in [1.165, 1.54) is 12.1 Å². The van der Waals surface area contributed by atoms with Crippen molar-refractivity contribution in [3.05, 3.63) is 29.8 Å². The Kier molecular flexibility index (Phi) is 5.25. The molecule has 0 aromatic heterocycles. The Labute approximate surface area is 169 Å². The van der Waals surface area contributed by atoms with E-state index in [2.05, 4.69) is 5.43 Å². The number of hydrogen-bond donors (Lipinski definition) is 1. The summed E-state index contributed by atoms with van der Waals surface area (Å²) in [7, 11) is 1.35. The monoisotopic (exact) mass is 399 g/mol. The normalized spacial score (nSPS) is 26.7. The number of amides is 3. The molecule has 1 aromatic rings. The Morgan fingerprint density at radius 3 is 2.52 bits per heavy atom. The number of methoxy groups -OCH3 is 1. The summed E-state index contributed by atoms with van der Waals surface area (Å²) in [5.74, 6) is -0.649. The van der Waals surface area contributed by atoms with E-state index in [9.17, 15) is 19.2 Å². The Bertz CT molecular complexity index is 837. The van der Waals surface area contributed by atoms with Crippen molar-refractivity contribution in [1.29, 1.82) is 0 Å². The maximum Gasteiger partial charge on any atom is 0.328 e. The van der Waals surface area contributed by atoms with Crippen molar-refractivity contribution >= 4 is 29.4 Å². The van der Waals surface area contributed by atoms with Crippen LogP contribution < -0.4 is 10.4 Å². The molecule has 0 radical (unpaired) electrons. The van der Waals surface area contributed by atoms with Gasteiger partial charge in [-0.1, -0.05) is 12.8 Å². The fourth-order valence-electron chi connectivity index (χ4n) is 4.78. The van der Waals surface area contributed by atoms with Crippen LogP contribution in [-0.2, 0) is 19.1 Å². The minimum atomic E-state index is -0.553. The van der Waals surface area contributed by atoms with Gasteiger partial charge in [-0.25, -0.2) is 9.80 Å². The van der Waals surface area contributed by atoms with Gasteiger partial charge in [0.1, 0.15) is 6.04 Å². The minimum Gasteiger partial charge on any atom is -0.467 e. The molecule has 3 aliphatic rings. The molecule has 154 valence electrons. The van der Waals surface area contributed by atoms with E-state index in [0.717, 1.165) is 25.7 Å². The van der Waals surface area contributed by atoms with Gasteiger partial charge in [0.15, 0.2) is 0 Å². The van der Waals surface area contributed by atoms with Gasteiger partial charge in [0, 0.05) is 24.4 Å². The van der Waals surface area contributed by atoms with Crippen molar-refractivity contribution in [2.75, 3.05) is 12.1 Å². The average Bonchev–Trinajstić information content (AvgIpc) is 3.14. The van der Waals surface area contributed by atoms with Crippen molar-refractivity contribution in [2.24, 2.45) is 5.92 Å². The van der Waals surface area contributed by atoms with Crippen molar-refractivity contribution in [1.82, 2.24) is 10.3 Å². The number of esters is 1. The maximum atomic E-state index is 13.3. The number of benzene rings is 1. The molecule has 1 aliphatic carbocycles. The van der Waals surface area contributed by atoms with Crippen LogP contribution in [0.25, 0.3) is 0 Å². The van der Waals surface area contributed by atoms with Crippen LogP contribution in [0.3, 0.4) is 0 Å². The van der Waals surface area contributed by atoms with Crippen LogP contribution in [0.4, 0.5) is 5.69 Å². The number of anilines is 1. The predicted molar refractivity (Wildman–Crippen MR) is 104 cm³/mol. The quantitative estimate of drug-likeness (QED) is 0.782. The van der Waals surface area contributed by atoms with Gasteiger partial charge in [0.05, 0.1) is 12.8 Å². The molecule has 8 heteroatoms. The highest BCUT2D eigenvalue weighted by molar-refractivity contribution is 6.02. The second-order valence-electron chi connectivity index (χ2n) is 7.91. The summed E-state index contributed by atoms with van der Waals surface area (Å²) >= 11 is 0. The molecule has 3 unspecified atom stereocenters. The van der Waals surface area contributed by atoms with Crippen LogP contribution in [0.15, 0.2) is 24.3 Å². The number of nitrogens with zero attached hydrogens (tertiary/aromatic N) is 2. The SMILES string of the molecule is COC(=O)C1CC2CCCCC2N1C(=O)c1ccc(N2NC(=O)CCC2=O)cc1. The molecular formula is C21H25N3O5. The van der Waals surface area contributed by atoms with Crippen molar-refractivity contribution < 1.29 is 23.9 Å². The summed E-state index contributed by atoms with van der Waals surface area (Å²) < 4.78 is 4.96. The zero-order chi connectivity index (χ0) is 20.5. The van der Waals surface area contributed by atoms with Gasteiger partial charge < -0.3 is 9.64 Å². The highest BCUT2D eigenvalue weighted by Crippen LogP contribution is 2.41. The number of carbonyl (C=O) groups excluding carboxylic acids is 4. The fourth-order valence-corrected chi connectivity index (χ4v) is 4.78. The number of ether oxygens (including phenoxy) is 1. The molecular weight excluding hydrogens is 374 g/mol. The maximum absolute atomic E-state index is 13.3. The van der Waals surface area contributed by atoms with Crippen molar-refractivity contribution in [3.63, 3.8) is 0 Å². The van der Waals surface area contributed by atoms with E-state index in [1.807, 2.05) is 0 Å². The average molecular weight is 399 g/mol. The Morgan fingerprint density at radius 1 is 1.07 bits per heavy atom. The first-order valence-electron chi connectivity index (χ1n) is 10.1. The molecule has 2 saturated heterocycles. The van der Waals surface area contributed by atoms with Crippen molar-refractivity contribution in [3.8, 4) is 0 Å². The van der Waals surface area contributed by atoms with Crippen LogP contribution >= 0.6 is 0 Å². The zero-order valence-electron chi connectivity index (χ0n) is 16.4. The summed E-state index contributed by atoms with van der Waals surface area (Å²) in [5.41, 5.74) is 3.49. The van der Waals surface area contributed by atoms with Crippen LogP contribution in [0, 0.1) is 5.92 Å². The summed E-state index contributed by atoms with van der Waals surface area (Å²) in [4.78, 5) is 51.0. The van der Waals surface area contributed by atoms with E-state index in [1.54, 1.807) is 29.2 Å². The van der Waals surface area contributed by atoms with Crippen LogP contribution in [0.5, 0.6) is 0 Å². The smallest absolute Gasteiger partial charge is 0.328 e. The van der Waals surface area contributed by atoms with Gasteiger partial charge in [-0.05, 0) is 49.4 Å². The summed E-state index contributed by atoms with van der Waals surface area (Å²) in [6, 6.07) is 6.05. The third-order valence-corrected chi connectivity index (χ3v) is 6.22. The van der Waals surface area contributed by atoms with Gasteiger partial charge in [-0.3, -0.25) is 19.8 Å². The lowest BCUT2D eigenvalue weighted by Gasteiger charge is -2.33.